The van der Waals surface area contributed by atoms with Crippen LogP contribution in [0, 0.1) is 0 Å². The summed E-state index contributed by atoms with van der Waals surface area (Å²) < 4.78 is 0. The van der Waals surface area contributed by atoms with E-state index >= 15 is 0 Å². The van der Waals surface area contributed by atoms with Crippen LogP contribution in [0.1, 0.15) is 75.6 Å². The second kappa shape index (κ2) is 20.6. The molecule has 2 N–H and O–H groups in total. The largest absolute Gasteiger partial charge is 2.00 e. The van der Waals surface area contributed by atoms with Crippen molar-refractivity contribution in [2.75, 3.05) is 0 Å². The maximum absolute atomic E-state index is 10.9. The molecular formula is C40H44CoN2O6. The van der Waals surface area contributed by atoms with E-state index in [2.05, 4.69) is 50.2 Å². The third-order valence-electron chi connectivity index (χ3n) is 7.88. The van der Waals surface area contributed by atoms with Crippen LogP contribution in [-0.2, 0) is 39.2 Å². The fraction of sp³-hybridized carbons (Fsp3) is 0.300. The number of hydrogen-bond donors (Lipinski definition) is 2. The van der Waals surface area contributed by atoms with Gasteiger partial charge < -0.3 is 30.0 Å². The predicted octanol–water partition coefficient (Wildman–Crippen LogP) is 5.92. The van der Waals surface area contributed by atoms with E-state index in [0.717, 1.165) is 96.9 Å². The Bertz CT molecular complexity index is 1570. The van der Waals surface area contributed by atoms with Gasteiger partial charge in [0.1, 0.15) is 11.5 Å². The molecule has 49 heavy (non-hydrogen) atoms. The van der Waals surface area contributed by atoms with E-state index in [9.17, 15) is 10.2 Å². The molecule has 2 unspecified atom stereocenters. The van der Waals surface area contributed by atoms with Gasteiger partial charge in [-0.05, 0) is 110 Å². The third-order valence-corrected chi connectivity index (χ3v) is 7.88. The molecule has 9 heteroatoms. The molecule has 8 nitrogen and oxygen atoms in total. The van der Waals surface area contributed by atoms with Gasteiger partial charge in [-0.15, -0.1) is 0 Å². The zero-order chi connectivity index (χ0) is 35.1. The first-order valence-electron chi connectivity index (χ1n) is 16.3. The molecule has 0 amide bonds. The molecule has 4 aromatic rings. The minimum atomic E-state index is -1.08. The van der Waals surface area contributed by atoms with Gasteiger partial charge in [0, 0.05) is 35.5 Å². The van der Waals surface area contributed by atoms with Gasteiger partial charge in [0.05, 0.1) is 12.1 Å². The summed E-state index contributed by atoms with van der Waals surface area (Å²) in [7, 11) is 0. The first kappa shape index (κ1) is 40.4. The summed E-state index contributed by atoms with van der Waals surface area (Å²) in [5.41, 5.74) is 7.82. The van der Waals surface area contributed by atoms with E-state index in [1.807, 2.05) is 61.0 Å². The van der Waals surface area contributed by atoms with Crippen molar-refractivity contribution < 1.29 is 46.8 Å². The first-order chi connectivity index (χ1) is 23.0. The Labute approximate surface area is 299 Å². The van der Waals surface area contributed by atoms with Crippen LogP contribution in [0.5, 0.6) is 11.5 Å². The smallest absolute Gasteiger partial charge is 0.550 e. The zero-order valence-electron chi connectivity index (χ0n) is 28.4. The average Bonchev–Trinajstić information content (AvgIpc) is 3.08. The van der Waals surface area contributed by atoms with Crippen molar-refractivity contribution in [2.45, 2.75) is 78.3 Å². The van der Waals surface area contributed by atoms with Gasteiger partial charge in [-0.3, -0.25) is 9.98 Å². The van der Waals surface area contributed by atoms with E-state index in [1.165, 1.54) is 0 Å². The number of hydrogen-bond acceptors (Lipinski definition) is 8. The molecule has 1 saturated carbocycles. The quantitative estimate of drug-likeness (QED) is 0.218. The number of carboxylic acid groups (broad SMARTS) is 2. The molecule has 259 valence electrons. The number of aliphatic carboxylic acids is 2. The van der Waals surface area contributed by atoms with Crippen molar-refractivity contribution in [2.24, 2.45) is 9.98 Å². The summed E-state index contributed by atoms with van der Waals surface area (Å²) in [6.07, 6.45) is 9.13. The molecule has 5 rings (SSSR count). The zero-order valence-corrected chi connectivity index (χ0v) is 29.4. The minimum Gasteiger partial charge on any atom is -0.550 e. The SMILES string of the molecule is CC(=O)[O-].CC(=O)[O-].CCc1cc(-c2ccccc2)cc(C=NC2CCCC(N=Cc3cc(-c4ccccc4)cc(CC)c3O)C2)c1O.[Co+2]. The topological polar surface area (TPSA) is 145 Å². The number of carbonyl (C=O) groups is 2. The Kier molecular flexibility index (Phi) is 17.0. The summed E-state index contributed by atoms with van der Waals surface area (Å²) in [6, 6.07) is 29.0. The first-order valence-corrected chi connectivity index (χ1v) is 16.3. The Morgan fingerprint density at radius 3 is 1.35 bits per heavy atom. The van der Waals surface area contributed by atoms with Crippen LogP contribution in [0.4, 0.5) is 0 Å². The Balaban J connectivity index is 0.000000837. The molecule has 2 atom stereocenters. The Morgan fingerprint density at radius 1 is 0.673 bits per heavy atom. The van der Waals surface area contributed by atoms with Crippen molar-refractivity contribution >= 4 is 24.4 Å². The fourth-order valence-corrected chi connectivity index (χ4v) is 5.55. The van der Waals surface area contributed by atoms with Crippen LogP contribution in [0.15, 0.2) is 94.9 Å². The third kappa shape index (κ3) is 13.0. The van der Waals surface area contributed by atoms with Gasteiger partial charge in [-0.1, -0.05) is 74.5 Å². The van der Waals surface area contributed by atoms with Gasteiger partial charge in [0.2, 0.25) is 0 Å². The van der Waals surface area contributed by atoms with Crippen LogP contribution < -0.4 is 10.2 Å². The van der Waals surface area contributed by atoms with Gasteiger partial charge in [0.15, 0.2) is 0 Å². The number of benzene rings is 4. The second-order valence-corrected chi connectivity index (χ2v) is 11.6. The predicted molar refractivity (Wildman–Crippen MR) is 188 cm³/mol. The molecule has 0 saturated heterocycles. The van der Waals surface area contributed by atoms with Crippen molar-refractivity contribution in [3.63, 3.8) is 0 Å². The van der Waals surface area contributed by atoms with E-state index in [1.54, 1.807) is 0 Å². The summed E-state index contributed by atoms with van der Waals surface area (Å²) in [6.45, 7) is 6.07. The van der Waals surface area contributed by atoms with Crippen LogP contribution in [0.25, 0.3) is 22.3 Å². The number of aromatic hydroxyl groups is 2. The van der Waals surface area contributed by atoms with E-state index in [-0.39, 0.29) is 28.9 Å². The van der Waals surface area contributed by atoms with Crippen molar-refractivity contribution in [3.05, 3.63) is 107 Å². The molecule has 0 spiro atoms. The molecule has 0 aromatic heterocycles. The van der Waals surface area contributed by atoms with Crippen LogP contribution >= 0.6 is 0 Å². The monoisotopic (exact) mass is 707 g/mol. The number of rotatable bonds is 8. The Hall–Kier alpha value is -4.73. The fourth-order valence-electron chi connectivity index (χ4n) is 5.55. The number of phenols is 2. The normalized spacial score (nSPS) is 15.3. The molecule has 1 aliphatic carbocycles. The van der Waals surface area contributed by atoms with Gasteiger partial charge in [-0.25, -0.2) is 0 Å². The van der Waals surface area contributed by atoms with Gasteiger partial charge >= 0.3 is 16.8 Å². The number of aryl methyl sites for hydroxylation is 2. The summed E-state index contributed by atoms with van der Waals surface area (Å²) >= 11 is 0. The molecule has 0 heterocycles. The number of aliphatic imine (C=N–C) groups is 2. The van der Waals surface area contributed by atoms with Crippen molar-refractivity contribution in [1.82, 2.24) is 0 Å². The molecule has 4 aromatic carbocycles. The van der Waals surface area contributed by atoms with E-state index < -0.39 is 11.9 Å². The minimum absolute atomic E-state index is 0. The number of nitrogens with zero attached hydrogens (tertiary/aromatic N) is 2. The van der Waals surface area contributed by atoms with Crippen molar-refractivity contribution in [1.29, 1.82) is 0 Å². The van der Waals surface area contributed by atoms with E-state index in [4.69, 9.17) is 29.8 Å². The number of carbonyl (C=O) groups excluding carboxylic acids is 2. The van der Waals surface area contributed by atoms with Crippen molar-refractivity contribution in [3.8, 4) is 33.8 Å². The Morgan fingerprint density at radius 2 is 1.02 bits per heavy atom. The second-order valence-electron chi connectivity index (χ2n) is 11.6. The number of phenolic OH excluding ortho intramolecular Hbond substituents is 2. The summed E-state index contributed by atoms with van der Waals surface area (Å²) in [5.74, 6) is -1.53. The average molecular weight is 708 g/mol. The summed E-state index contributed by atoms with van der Waals surface area (Å²) in [4.78, 5) is 27.6. The molecule has 1 fully saturated rings. The number of carboxylic acids is 2. The molecular weight excluding hydrogens is 663 g/mol. The van der Waals surface area contributed by atoms with Gasteiger partial charge in [0.25, 0.3) is 0 Å². The molecule has 0 bridgehead atoms. The standard InChI is InChI=1S/C36H38N2O2.2C2H4O2.Co/c1-3-25-18-29(27-12-7-5-8-13-27)20-31(35(25)39)23-37-33-16-11-17-34(22-33)38-24-32-21-30(19-26(4-2)36(32)40)28-14-9-6-10-15-28;2*1-2(3)4;/h5-10,12-15,18-21,23-24,33-34,39-40H,3-4,11,16-17,22H2,1-2H3;2*1H3,(H,3,4);/q;;;+2/p-2. The molecule has 1 aliphatic rings. The maximum atomic E-state index is 10.9. The van der Waals surface area contributed by atoms with E-state index in [0.29, 0.717) is 11.5 Å². The maximum Gasteiger partial charge on any atom is 2.00 e. The van der Waals surface area contributed by atoms with Gasteiger partial charge in [-0.2, -0.15) is 0 Å². The molecule has 0 aliphatic heterocycles. The summed E-state index contributed by atoms with van der Waals surface area (Å²) in [5, 5.41) is 39.6. The van der Waals surface area contributed by atoms with Crippen LogP contribution in [0.3, 0.4) is 0 Å². The van der Waals surface area contributed by atoms with Crippen LogP contribution in [0.2, 0.25) is 0 Å². The van der Waals surface area contributed by atoms with Crippen LogP contribution in [-0.4, -0.2) is 46.7 Å². The molecule has 1 radical (unpaired) electrons.